The van der Waals surface area contributed by atoms with Crippen LogP contribution < -0.4 is 11.1 Å². The average Bonchev–Trinajstić information content (AvgIpc) is 2.27. The molecule has 0 fully saturated rings. The lowest BCUT2D eigenvalue weighted by molar-refractivity contribution is 0.0905. The zero-order chi connectivity index (χ0) is 13.9. The molecule has 18 heavy (non-hydrogen) atoms. The molecule has 1 aromatic rings. The summed E-state index contributed by atoms with van der Waals surface area (Å²) in [7, 11) is 0. The van der Waals surface area contributed by atoms with Crippen molar-refractivity contribution in [2.75, 3.05) is 6.54 Å². The Morgan fingerprint density at radius 1 is 1.44 bits per heavy atom. The average molecular weight is 269 g/mol. The molecule has 0 bridgehead atoms. The van der Waals surface area contributed by atoms with Crippen molar-refractivity contribution in [1.82, 2.24) is 5.32 Å². The molecule has 0 spiro atoms. The Labute approximate surface area is 114 Å². The molecule has 0 aromatic heterocycles. The van der Waals surface area contributed by atoms with Crippen LogP contribution in [-0.2, 0) is 0 Å². The second-order valence-electron chi connectivity index (χ2n) is 5.54. The Morgan fingerprint density at radius 3 is 2.56 bits per heavy atom. The molecule has 0 saturated carbocycles. The van der Waals surface area contributed by atoms with Crippen LogP contribution in [-0.4, -0.2) is 18.5 Å². The lowest BCUT2D eigenvalue weighted by Gasteiger charge is -2.30. The molecule has 3 nitrogen and oxygen atoms in total. The Bertz CT molecular complexity index is 438. The van der Waals surface area contributed by atoms with E-state index in [-0.39, 0.29) is 17.4 Å². The summed E-state index contributed by atoms with van der Waals surface area (Å²) >= 11 is 6.01. The van der Waals surface area contributed by atoms with Gasteiger partial charge in [-0.15, -0.1) is 0 Å². The number of nitrogens with two attached hydrogens (primary N) is 1. The fraction of sp³-hybridized carbons (Fsp3) is 0.500. The largest absolute Gasteiger partial charge is 0.347 e. The van der Waals surface area contributed by atoms with Crippen molar-refractivity contribution in [3.63, 3.8) is 0 Å². The van der Waals surface area contributed by atoms with Gasteiger partial charge in [-0.05, 0) is 30.0 Å². The van der Waals surface area contributed by atoms with Crippen LogP contribution >= 0.6 is 11.6 Å². The van der Waals surface area contributed by atoms with Crippen LogP contribution in [0.5, 0.6) is 0 Å². The Hall–Kier alpha value is -1.06. The third-order valence-electron chi connectivity index (χ3n) is 3.10. The van der Waals surface area contributed by atoms with E-state index in [0.29, 0.717) is 17.1 Å². The minimum atomic E-state index is -0.125. The van der Waals surface area contributed by atoms with Crippen molar-refractivity contribution in [1.29, 1.82) is 0 Å². The molecule has 0 saturated heterocycles. The molecule has 4 heteroatoms. The summed E-state index contributed by atoms with van der Waals surface area (Å²) in [5, 5.41) is 3.57. The molecule has 0 heterocycles. The molecule has 0 aliphatic rings. The van der Waals surface area contributed by atoms with Gasteiger partial charge in [-0.25, -0.2) is 0 Å². The first-order valence-corrected chi connectivity index (χ1v) is 6.41. The van der Waals surface area contributed by atoms with Crippen LogP contribution in [0.3, 0.4) is 0 Å². The first-order chi connectivity index (χ1) is 8.27. The number of halogens is 1. The number of hydrogen-bond acceptors (Lipinski definition) is 2. The molecule has 1 aromatic carbocycles. The molecule has 1 rings (SSSR count). The third kappa shape index (κ3) is 3.47. The van der Waals surface area contributed by atoms with Crippen molar-refractivity contribution in [3.05, 3.63) is 34.3 Å². The monoisotopic (exact) mass is 268 g/mol. The highest BCUT2D eigenvalue weighted by Crippen LogP contribution is 2.21. The Kier molecular flexibility index (Phi) is 4.77. The zero-order valence-corrected chi connectivity index (χ0v) is 12.1. The van der Waals surface area contributed by atoms with Crippen molar-refractivity contribution in [2.24, 2.45) is 11.1 Å². The molecule has 0 aliphatic heterocycles. The maximum absolute atomic E-state index is 12.2. The topological polar surface area (TPSA) is 55.1 Å². The minimum Gasteiger partial charge on any atom is -0.347 e. The van der Waals surface area contributed by atoms with E-state index in [4.69, 9.17) is 17.3 Å². The molecular formula is C14H21ClN2O. The van der Waals surface area contributed by atoms with Gasteiger partial charge in [0.25, 0.3) is 5.91 Å². The lowest BCUT2D eigenvalue weighted by Crippen LogP contribution is -2.48. The van der Waals surface area contributed by atoms with E-state index in [1.54, 1.807) is 18.2 Å². The number of benzene rings is 1. The number of hydrogen-bond donors (Lipinski definition) is 2. The quantitative estimate of drug-likeness (QED) is 0.886. The molecule has 1 unspecified atom stereocenters. The third-order valence-corrected chi connectivity index (χ3v) is 3.51. The highest BCUT2D eigenvalue weighted by Gasteiger charge is 2.25. The van der Waals surface area contributed by atoms with Gasteiger partial charge in [0.15, 0.2) is 0 Å². The van der Waals surface area contributed by atoms with Crippen molar-refractivity contribution in [2.45, 2.75) is 33.7 Å². The van der Waals surface area contributed by atoms with Crippen molar-refractivity contribution in [3.8, 4) is 0 Å². The van der Waals surface area contributed by atoms with Crippen LogP contribution in [0.4, 0.5) is 0 Å². The van der Waals surface area contributed by atoms with Gasteiger partial charge in [0.05, 0.1) is 0 Å². The van der Waals surface area contributed by atoms with E-state index >= 15 is 0 Å². The van der Waals surface area contributed by atoms with E-state index in [0.717, 1.165) is 5.56 Å². The van der Waals surface area contributed by atoms with Gasteiger partial charge in [-0.1, -0.05) is 38.4 Å². The fourth-order valence-corrected chi connectivity index (χ4v) is 1.89. The predicted octanol–water partition coefficient (Wildman–Crippen LogP) is 2.75. The van der Waals surface area contributed by atoms with Gasteiger partial charge < -0.3 is 11.1 Å². The maximum Gasteiger partial charge on any atom is 0.251 e. The predicted molar refractivity (Wildman–Crippen MR) is 76.0 cm³/mol. The van der Waals surface area contributed by atoms with Crippen LogP contribution in [0.15, 0.2) is 18.2 Å². The second kappa shape index (κ2) is 5.72. The number of carbonyl (C=O) groups is 1. The summed E-state index contributed by atoms with van der Waals surface area (Å²) in [5.41, 5.74) is 7.03. The van der Waals surface area contributed by atoms with Gasteiger partial charge in [0.1, 0.15) is 0 Å². The number of rotatable bonds is 3. The Morgan fingerprint density at radius 2 is 2.06 bits per heavy atom. The second-order valence-corrected chi connectivity index (χ2v) is 5.95. The van der Waals surface area contributed by atoms with E-state index < -0.39 is 0 Å². The van der Waals surface area contributed by atoms with E-state index in [1.165, 1.54) is 0 Å². The van der Waals surface area contributed by atoms with Crippen LogP contribution in [0.25, 0.3) is 0 Å². The lowest BCUT2D eigenvalue weighted by atomic mass is 9.86. The van der Waals surface area contributed by atoms with E-state index in [9.17, 15) is 4.79 Å². The molecular weight excluding hydrogens is 248 g/mol. The van der Waals surface area contributed by atoms with Gasteiger partial charge in [0, 0.05) is 23.2 Å². The molecule has 0 aliphatic carbocycles. The summed E-state index contributed by atoms with van der Waals surface area (Å²) in [5.74, 6) is -0.125. The zero-order valence-electron chi connectivity index (χ0n) is 11.4. The van der Waals surface area contributed by atoms with Crippen molar-refractivity contribution >= 4 is 17.5 Å². The summed E-state index contributed by atoms with van der Waals surface area (Å²) < 4.78 is 0. The number of nitrogens with one attached hydrogen (secondary N) is 1. The normalized spacial score (nSPS) is 13.2. The molecule has 1 amide bonds. The summed E-state index contributed by atoms with van der Waals surface area (Å²) in [6, 6.07) is 5.26. The summed E-state index contributed by atoms with van der Waals surface area (Å²) in [4.78, 5) is 12.2. The van der Waals surface area contributed by atoms with Crippen LogP contribution in [0.1, 0.15) is 36.7 Å². The highest BCUT2D eigenvalue weighted by molar-refractivity contribution is 6.31. The standard InChI is InChI=1S/C14H21ClN2O/c1-9-10(6-5-7-11(9)15)13(18)17-12(8-16)14(2,3)4/h5-7,12H,8,16H2,1-4H3,(H,17,18). The van der Waals surface area contributed by atoms with Gasteiger partial charge >= 0.3 is 0 Å². The van der Waals surface area contributed by atoms with Gasteiger partial charge in [0.2, 0.25) is 0 Å². The number of amides is 1. The fourth-order valence-electron chi connectivity index (χ4n) is 1.72. The van der Waals surface area contributed by atoms with E-state index in [1.807, 2.05) is 6.92 Å². The molecule has 3 N–H and O–H groups in total. The van der Waals surface area contributed by atoms with Crippen LogP contribution in [0, 0.1) is 12.3 Å². The maximum atomic E-state index is 12.2. The first-order valence-electron chi connectivity index (χ1n) is 6.03. The molecule has 100 valence electrons. The smallest absolute Gasteiger partial charge is 0.251 e. The highest BCUT2D eigenvalue weighted by atomic mass is 35.5. The summed E-state index contributed by atoms with van der Waals surface area (Å²) in [6.07, 6.45) is 0. The van der Waals surface area contributed by atoms with Gasteiger partial charge in [-0.2, -0.15) is 0 Å². The Balaban J connectivity index is 2.92. The van der Waals surface area contributed by atoms with Crippen molar-refractivity contribution < 1.29 is 4.79 Å². The number of carbonyl (C=O) groups excluding carboxylic acids is 1. The van der Waals surface area contributed by atoms with Gasteiger partial charge in [-0.3, -0.25) is 4.79 Å². The SMILES string of the molecule is Cc1c(Cl)cccc1C(=O)NC(CN)C(C)(C)C. The minimum absolute atomic E-state index is 0.0663. The van der Waals surface area contributed by atoms with Crippen LogP contribution in [0.2, 0.25) is 5.02 Å². The molecule has 1 atom stereocenters. The molecule has 0 radical (unpaired) electrons. The summed E-state index contributed by atoms with van der Waals surface area (Å²) in [6.45, 7) is 8.40. The van der Waals surface area contributed by atoms with E-state index in [2.05, 4.69) is 26.1 Å². The first kappa shape index (κ1) is 15.0.